The van der Waals surface area contributed by atoms with Crippen molar-refractivity contribution in [2.75, 3.05) is 21.1 Å². The summed E-state index contributed by atoms with van der Waals surface area (Å²) in [5.74, 6) is 1.93. The molecule has 4 aliphatic carbocycles. The van der Waals surface area contributed by atoms with Crippen molar-refractivity contribution in [1.29, 1.82) is 0 Å². The zero-order valence-electron chi connectivity index (χ0n) is 22.1. The number of carbonyl (C=O) groups excluding carboxylic acids is 1. The lowest BCUT2D eigenvalue weighted by atomic mass is 9.47. The minimum Gasteiger partial charge on any atom is -0.393 e. The molecule has 1 aromatic heterocycles. The minimum atomic E-state index is -0.180. The number of hydrazone groups is 1. The normalized spacial score (nSPS) is 37.9. The number of rotatable bonds is 5. The summed E-state index contributed by atoms with van der Waals surface area (Å²) in [6, 6.07) is 0. The number of allylic oxidation sites excluding steroid dienone is 2. The first-order valence-electron chi connectivity index (χ1n) is 13.4. The van der Waals surface area contributed by atoms with Crippen LogP contribution in [0.25, 0.3) is 0 Å². The second-order valence-electron chi connectivity index (χ2n) is 13.1. The number of nitrogens with one attached hydrogen (secondary N) is 1. The van der Waals surface area contributed by atoms with E-state index in [2.05, 4.69) is 61.9 Å². The standard InChI is InChI=1S/C27H42N6O2/c1-26-12-10-19(28-30-25(35)16-32-15-20(29-31-32)17-33(3,4)5)14-18(26)6-7-21-22-8-9-24(34)27(22,2)13-11-23(21)26/h14-15,21-24,34H,6-13,16-17H2,1-5H3/p+1/b28-19-/t21-,22-,23-,24+,26-,27-/m0/s1. The van der Waals surface area contributed by atoms with Crippen LogP contribution in [0.2, 0.25) is 0 Å². The van der Waals surface area contributed by atoms with E-state index in [1.807, 2.05) is 6.20 Å². The average molecular weight is 484 g/mol. The van der Waals surface area contributed by atoms with Crippen molar-refractivity contribution in [3.8, 4) is 0 Å². The summed E-state index contributed by atoms with van der Waals surface area (Å²) >= 11 is 0. The van der Waals surface area contributed by atoms with Gasteiger partial charge in [-0.1, -0.05) is 24.6 Å². The van der Waals surface area contributed by atoms with Crippen LogP contribution in [0.15, 0.2) is 22.9 Å². The van der Waals surface area contributed by atoms with E-state index in [0.29, 0.717) is 11.8 Å². The van der Waals surface area contributed by atoms with Crippen LogP contribution in [-0.4, -0.2) is 63.4 Å². The number of hydrogen-bond donors (Lipinski definition) is 2. The van der Waals surface area contributed by atoms with Gasteiger partial charge in [-0.2, -0.15) is 5.10 Å². The summed E-state index contributed by atoms with van der Waals surface area (Å²) in [7, 11) is 6.30. The highest BCUT2D eigenvalue weighted by molar-refractivity contribution is 5.97. The Kier molecular flexibility index (Phi) is 6.19. The smallest absolute Gasteiger partial charge is 0.261 e. The Hall–Kier alpha value is -2.06. The zero-order valence-corrected chi connectivity index (χ0v) is 22.1. The molecule has 0 bridgehead atoms. The third-order valence-corrected chi connectivity index (χ3v) is 9.78. The first kappa shape index (κ1) is 24.6. The van der Waals surface area contributed by atoms with E-state index in [0.717, 1.165) is 60.5 Å². The van der Waals surface area contributed by atoms with Gasteiger partial charge in [-0.15, -0.1) is 5.10 Å². The van der Waals surface area contributed by atoms with Crippen LogP contribution in [0.4, 0.5) is 0 Å². The first-order chi connectivity index (χ1) is 16.5. The van der Waals surface area contributed by atoms with Crippen LogP contribution >= 0.6 is 0 Å². The number of hydrogen-bond acceptors (Lipinski definition) is 5. The highest BCUT2D eigenvalue weighted by atomic mass is 16.3. The lowest BCUT2D eigenvalue weighted by Gasteiger charge is -2.57. The Bertz CT molecular complexity index is 1040. The fourth-order valence-corrected chi connectivity index (χ4v) is 7.92. The van der Waals surface area contributed by atoms with Gasteiger partial charge in [0.25, 0.3) is 5.91 Å². The second kappa shape index (κ2) is 8.80. The van der Waals surface area contributed by atoms with Crippen molar-refractivity contribution in [3.63, 3.8) is 0 Å². The van der Waals surface area contributed by atoms with Gasteiger partial charge in [0.2, 0.25) is 0 Å². The number of nitrogens with zero attached hydrogens (tertiary/aromatic N) is 5. The molecule has 1 heterocycles. The summed E-state index contributed by atoms with van der Waals surface area (Å²) in [4.78, 5) is 12.5. The summed E-state index contributed by atoms with van der Waals surface area (Å²) in [6.07, 6.45) is 12.9. The average Bonchev–Trinajstić information content (AvgIpc) is 3.34. The topological polar surface area (TPSA) is 92.4 Å². The molecule has 0 saturated heterocycles. The summed E-state index contributed by atoms with van der Waals surface area (Å²) < 4.78 is 2.34. The van der Waals surface area contributed by atoms with E-state index in [-0.39, 0.29) is 29.4 Å². The number of amides is 1. The van der Waals surface area contributed by atoms with Gasteiger partial charge in [-0.3, -0.25) is 4.79 Å². The van der Waals surface area contributed by atoms with Crippen molar-refractivity contribution in [3.05, 3.63) is 23.5 Å². The van der Waals surface area contributed by atoms with Gasteiger partial charge < -0.3 is 9.59 Å². The molecule has 0 aliphatic heterocycles. The molecule has 0 radical (unpaired) electrons. The number of aliphatic hydroxyl groups excluding tert-OH is 1. The van der Waals surface area contributed by atoms with Crippen molar-refractivity contribution in [2.24, 2.45) is 33.7 Å². The maximum atomic E-state index is 12.5. The third kappa shape index (κ3) is 4.59. The van der Waals surface area contributed by atoms with E-state index in [1.165, 1.54) is 24.8 Å². The molecular weight excluding hydrogens is 440 g/mol. The predicted octanol–water partition coefficient (Wildman–Crippen LogP) is 3.28. The van der Waals surface area contributed by atoms with Gasteiger partial charge in [0, 0.05) is 0 Å². The fourth-order valence-electron chi connectivity index (χ4n) is 7.92. The molecule has 3 saturated carbocycles. The molecule has 3 fully saturated rings. The molecule has 0 aromatic carbocycles. The molecule has 1 aromatic rings. The van der Waals surface area contributed by atoms with Gasteiger partial charge in [-0.05, 0) is 86.0 Å². The molecule has 2 N–H and O–H groups in total. The lowest BCUT2D eigenvalue weighted by molar-refractivity contribution is -0.884. The number of fused-ring (bicyclic) bond motifs is 5. The van der Waals surface area contributed by atoms with Gasteiger partial charge in [0.15, 0.2) is 0 Å². The number of carbonyl (C=O) groups is 1. The Morgan fingerprint density at radius 2 is 1.97 bits per heavy atom. The van der Waals surface area contributed by atoms with Crippen molar-refractivity contribution in [1.82, 2.24) is 20.4 Å². The highest BCUT2D eigenvalue weighted by Gasteiger charge is 2.58. The van der Waals surface area contributed by atoms with Crippen LogP contribution in [0.5, 0.6) is 0 Å². The molecule has 8 nitrogen and oxygen atoms in total. The highest BCUT2D eigenvalue weighted by Crippen LogP contribution is 2.65. The van der Waals surface area contributed by atoms with Crippen molar-refractivity contribution in [2.45, 2.75) is 84.4 Å². The molecule has 192 valence electrons. The van der Waals surface area contributed by atoms with E-state index in [4.69, 9.17) is 0 Å². The number of quaternary nitrogens is 1. The largest absolute Gasteiger partial charge is 0.393 e. The predicted molar refractivity (Wildman–Crippen MR) is 135 cm³/mol. The van der Waals surface area contributed by atoms with E-state index >= 15 is 0 Å². The van der Waals surface area contributed by atoms with Crippen LogP contribution in [-0.2, 0) is 17.9 Å². The lowest BCUT2D eigenvalue weighted by Crippen LogP contribution is -2.51. The molecule has 5 rings (SSSR count). The zero-order chi connectivity index (χ0) is 25.0. The van der Waals surface area contributed by atoms with Crippen LogP contribution in [0, 0.1) is 28.6 Å². The summed E-state index contributed by atoms with van der Waals surface area (Å²) in [6.45, 7) is 5.69. The number of aromatic nitrogens is 3. The van der Waals surface area contributed by atoms with E-state index in [1.54, 1.807) is 4.68 Å². The summed E-state index contributed by atoms with van der Waals surface area (Å²) in [5.41, 5.74) is 6.46. The van der Waals surface area contributed by atoms with Gasteiger partial charge in [-0.25, -0.2) is 10.1 Å². The van der Waals surface area contributed by atoms with E-state index in [9.17, 15) is 9.90 Å². The third-order valence-electron chi connectivity index (χ3n) is 9.78. The maximum absolute atomic E-state index is 12.5. The van der Waals surface area contributed by atoms with E-state index < -0.39 is 0 Å². The van der Waals surface area contributed by atoms with Crippen LogP contribution < -0.4 is 5.43 Å². The molecule has 0 unspecified atom stereocenters. The Labute approximate surface area is 209 Å². The SMILES string of the molecule is C[C@]12CC[C@H]3[C@@H](CCC4=C/C(=N\NC(=O)Cn5cc(C[N+](C)(C)C)nn5)CC[C@@]43C)[C@@H]1CC[C@H]2O. The molecule has 4 aliphatic rings. The maximum Gasteiger partial charge on any atom is 0.261 e. The van der Waals surface area contributed by atoms with Crippen LogP contribution in [0.3, 0.4) is 0 Å². The Morgan fingerprint density at radius 3 is 2.74 bits per heavy atom. The van der Waals surface area contributed by atoms with Gasteiger partial charge in [0.1, 0.15) is 18.8 Å². The minimum absolute atomic E-state index is 0.116. The molecule has 8 heteroatoms. The number of aliphatic hydroxyl groups is 1. The second-order valence-corrected chi connectivity index (χ2v) is 13.1. The molecule has 6 atom stereocenters. The van der Waals surface area contributed by atoms with Gasteiger partial charge in [0.05, 0.1) is 39.2 Å². The molecule has 0 spiro atoms. The Morgan fingerprint density at radius 1 is 1.17 bits per heavy atom. The fraction of sp³-hybridized carbons (Fsp3) is 0.778. The summed E-state index contributed by atoms with van der Waals surface area (Å²) in [5, 5.41) is 23.4. The first-order valence-corrected chi connectivity index (χ1v) is 13.4. The monoisotopic (exact) mass is 483 g/mol. The van der Waals surface area contributed by atoms with Crippen molar-refractivity contribution < 1.29 is 14.4 Å². The van der Waals surface area contributed by atoms with Crippen LogP contribution in [0.1, 0.15) is 70.9 Å². The van der Waals surface area contributed by atoms with Gasteiger partial charge >= 0.3 is 0 Å². The molecular formula is C27H43N6O2+. The Balaban J connectivity index is 1.22. The quantitative estimate of drug-likeness (QED) is 0.497. The van der Waals surface area contributed by atoms with Crippen molar-refractivity contribution >= 4 is 11.6 Å². The molecule has 35 heavy (non-hydrogen) atoms. The molecule has 1 amide bonds.